The molecule has 0 saturated carbocycles. The number of hydrogen-bond donors (Lipinski definition) is 1. The highest BCUT2D eigenvalue weighted by molar-refractivity contribution is 6.00. The number of imide groups is 1. The van der Waals surface area contributed by atoms with Gasteiger partial charge in [-0.15, -0.1) is 0 Å². The van der Waals surface area contributed by atoms with E-state index in [0.717, 1.165) is 10.5 Å². The largest absolute Gasteiger partial charge is 0.369 e. The highest BCUT2D eigenvalue weighted by Gasteiger charge is 2.35. The molecule has 2 N–H and O–H groups in total. The van der Waals surface area contributed by atoms with E-state index in [0.29, 0.717) is 24.0 Å². The van der Waals surface area contributed by atoms with Crippen molar-refractivity contribution in [1.82, 2.24) is 19.4 Å². The van der Waals surface area contributed by atoms with Crippen LogP contribution in [0.15, 0.2) is 12.3 Å². The average molecular weight is 273 g/mol. The number of likely N-dealkylation sites (N-methyl/N-ethyl adjacent to an activating group) is 1. The second-order valence-electron chi connectivity index (χ2n) is 5.04. The molecule has 3 heterocycles. The smallest absolute Gasteiger partial charge is 0.252 e. The molecule has 0 aromatic carbocycles. The van der Waals surface area contributed by atoms with Crippen LogP contribution in [-0.4, -0.2) is 38.3 Å². The molecule has 0 aliphatic carbocycles. The Labute approximate surface area is 115 Å². The number of anilines is 1. The number of rotatable bonds is 1. The third-order valence-corrected chi connectivity index (χ3v) is 3.63. The van der Waals surface area contributed by atoms with E-state index < -0.39 is 6.04 Å². The van der Waals surface area contributed by atoms with Crippen LogP contribution in [0.1, 0.15) is 24.4 Å². The predicted molar refractivity (Wildman–Crippen MR) is 72.7 cm³/mol. The molecular weight excluding hydrogens is 258 g/mol. The van der Waals surface area contributed by atoms with E-state index in [1.165, 1.54) is 7.05 Å². The Hall–Kier alpha value is -2.44. The normalized spacial score (nSPS) is 19.9. The topological polar surface area (TPSA) is 94.1 Å². The maximum Gasteiger partial charge on any atom is 0.252 e. The average Bonchev–Trinajstić information content (AvgIpc) is 2.72. The summed E-state index contributed by atoms with van der Waals surface area (Å²) in [5.74, 6) is -0.188. The van der Waals surface area contributed by atoms with E-state index in [1.54, 1.807) is 10.8 Å². The molecule has 2 amide bonds. The van der Waals surface area contributed by atoms with Crippen LogP contribution in [-0.2, 0) is 9.59 Å². The van der Waals surface area contributed by atoms with Crippen LogP contribution < -0.4 is 5.73 Å². The van der Waals surface area contributed by atoms with Gasteiger partial charge in [0.05, 0.1) is 0 Å². The first-order valence-electron chi connectivity index (χ1n) is 6.39. The lowest BCUT2D eigenvalue weighted by molar-refractivity contribution is -0.149. The molecule has 20 heavy (non-hydrogen) atoms. The molecule has 0 bridgehead atoms. The number of nitrogens with zero attached hydrogens (tertiary/aromatic N) is 4. The summed E-state index contributed by atoms with van der Waals surface area (Å²) in [6.07, 6.45) is 2.45. The first kappa shape index (κ1) is 12.6. The van der Waals surface area contributed by atoms with Crippen molar-refractivity contribution in [2.24, 2.45) is 0 Å². The third-order valence-electron chi connectivity index (χ3n) is 3.63. The zero-order valence-electron chi connectivity index (χ0n) is 11.3. The van der Waals surface area contributed by atoms with Gasteiger partial charge in [0.15, 0.2) is 5.65 Å². The summed E-state index contributed by atoms with van der Waals surface area (Å²) in [5.41, 5.74) is 8.15. The fraction of sp³-hybridized carbons (Fsp3) is 0.385. The van der Waals surface area contributed by atoms with Crippen molar-refractivity contribution in [3.8, 4) is 0 Å². The molecule has 1 unspecified atom stereocenters. The number of nitrogen functional groups attached to an aromatic ring is 1. The minimum atomic E-state index is -0.516. The van der Waals surface area contributed by atoms with Crippen molar-refractivity contribution in [1.29, 1.82) is 0 Å². The number of fused-ring (bicyclic) bond motifs is 1. The fourth-order valence-electron chi connectivity index (χ4n) is 2.54. The monoisotopic (exact) mass is 273 g/mol. The van der Waals surface area contributed by atoms with Crippen molar-refractivity contribution in [3.05, 3.63) is 17.8 Å². The van der Waals surface area contributed by atoms with Gasteiger partial charge in [-0.2, -0.15) is 0 Å². The summed E-state index contributed by atoms with van der Waals surface area (Å²) in [6.45, 7) is 1.92. The van der Waals surface area contributed by atoms with Crippen molar-refractivity contribution in [3.63, 3.8) is 0 Å². The summed E-state index contributed by atoms with van der Waals surface area (Å²) >= 11 is 0. The zero-order valence-corrected chi connectivity index (χ0v) is 11.3. The van der Waals surface area contributed by atoms with Gasteiger partial charge in [-0.25, -0.2) is 9.97 Å². The second kappa shape index (κ2) is 4.29. The van der Waals surface area contributed by atoms with Crippen LogP contribution in [0.4, 0.5) is 5.95 Å². The van der Waals surface area contributed by atoms with Gasteiger partial charge in [0, 0.05) is 19.7 Å². The van der Waals surface area contributed by atoms with Crippen molar-refractivity contribution < 1.29 is 9.59 Å². The molecule has 1 fully saturated rings. The summed E-state index contributed by atoms with van der Waals surface area (Å²) in [4.78, 5) is 33.5. The van der Waals surface area contributed by atoms with Crippen LogP contribution in [0.2, 0.25) is 0 Å². The Kier molecular flexibility index (Phi) is 2.70. The van der Waals surface area contributed by atoms with E-state index >= 15 is 0 Å². The van der Waals surface area contributed by atoms with Crippen LogP contribution in [0, 0.1) is 6.92 Å². The Morgan fingerprint density at radius 1 is 1.40 bits per heavy atom. The highest BCUT2D eigenvalue weighted by Crippen LogP contribution is 2.29. The quantitative estimate of drug-likeness (QED) is 0.769. The van der Waals surface area contributed by atoms with Crippen molar-refractivity contribution >= 4 is 28.9 Å². The van der Waals surface area contributed by atoms with Gasteiger partial charge in [0.1, 0.15) is 11.6 Å². The molecule has 1 aliphatic heterocycles. The Balaban J connectivity index is 2.12. The molecule has 7 heteroatoms. The van der Waals surface area contributed by atoms with E-state index in [2.05, 4.69) is 9.97 Å². The lowest BCUT2D eigenvalue weighted by Crippen LogP contribution is -2.43. The number of nitrogens with two attached hydrogens (primary N) is 1. The first-order valence-corrected chi connectivity index (χ1v) is 6.39. The molecule has 2 aromatic heterocycles. The third kappa shape index (κ3) is 1.74. The Morgan fingerprint density at radius 3 is 2.90 bits per heavy atom. The van der Waals surface area contributed by atoms with Gasteiger partial charge in [-0.05, 0) is 25.0 Å². The molecule has 104 valence electrons. The summed E-state index contributed by atoms with van der Waals surface area (Å²) in [6, 6.07) is 1.36. The summed E-state index contributed by atoms with van der Waals surface area (Å²) in [5, 5.41) is 0. The number of aryl methyl sites for hydroxylation is 1. The molecular formula is C13H15N5O2. The number of piperidine rings is 1. The fourth-order valence-corrected chi connectivity index (χ4v) is 2.54. The van der Waals surface area contributed by atoms with Crippen LogP contribution >= 0.6 is 0 Å². The number of carbonyl (C=O) groups is 2. The molecule has 3 rings (SSSR count). The van der Waals surface area contributed by atoms with Gasteiger partial charge in [0.25, 0.3) is 5.91 Å². The number of aromatic nitrogens is 3. The number of carbonyl (C=O) groups excluding carboxylic acids is 2. The van der Waals surface area contributed by atoms with Crippen molar-refractivity contribution in [2.45, 2.75) is 25.8 Å². The highest BCUT2D eigenvalue weighted by atomic mass is 16.2. The number of amides is 2. The van der Waals surface area contributed by atoms with E-state index in [-0.39, 0.29) is 17.8 Å². The molecule has 2 aromatic rings. The maximum atomic E-state index is 12.3. The van der Waals surface area contributed by atoms with Crippen LogP contribution in [0.5, 0.6) is 0 Å². The van der Waals surface area contributed by atoms with Gasteiger partial charge in [0.2, 0.25) is 11.9 Å². The van der Waals surface area contributed by atoms with Gasteiger partial charge in [-0.1, -0.05) is 0 Å². The molecule has 1 atom stereocenters. The van der Waals surface area contributed by atoms with Gasteiger partial charge in [-0.3, -0.25) is 19.1 Å². The number of hydrogen-bond acceptors (Lipinski definition) is 5. The van der Waals surface area contributed by atoms with Crippen molar-refractivity contribution in [2.75, 3.05) is 12.8 Å². The number of pyridine rings is 1. The number of likely N-dealkylation sites (tertiary alicyclic amines) is 1. The molecule has 0 spiro atoms. The van der Waals surface area contributed by atoms with Crippen LogP contribution in [0.3, 0.4) is 0 Å². The molecule has 1 aliphatic rings. The summed E-state index contributed by atoms with van der Waals surface area (Å²) in [7, 11) is 1.49. The molecule has 1 saturated heterocycles. The Morgan fingerprint density at radius 2 is 2.15 bits per heavy atom. The standard InChI is InChI=1S/C13H15N5O2/c1-7-5-8-11(15-6-7)18(13(14)16-8)9-3-4-10(19)17(2)12(9)20/h5-6,9H,3-4H2,1-2H3,(H2,14,16). The molecule has 0 radical (unpaired) electrons. The number of imidazole rings is 1. The van der Waals surface area contributed by atoms with Gasteiger partial charge >= 0.3 is 0 Å². The second-order valence-corrected chi connectivity index (χ2v) is 5.04. The van der Waals surface area contributed by atoms with E-state index in [4.69, 9.17) is 5.73 Å². The SMILES string of the molecule is Cc1cnc2c(c1)nc(N)n2C1CCC(=O)N(C)C1=O. The first-order chi connectivity index (χ1) is 9.49. The maximum absolute atomic E-state index is 12.3. The Bertz CT molecular complexity index is 721. The van der Waals surface area contributed by atoms with Crippen LogP contribution in [0.25, 0.3) is 11.2 Å². The zero-order chi connectivity index (χ0) is 14.4. The minimum absolute atomic E-state index is 0.168. The predicted octanol–water partition coefficient (Wildman–Crippen LogP) is 0.642. The summed E-state index contributed by atoms with van der Waals surface area (Å²) < 4.78 is 1.63. The van der Waals surface area contributed by atoms with Gasteiger partial charge < -0.3 is 5.73 Å². The van der Waals surface area contributed by atoms with E-state index in [9.17, 15) is 9.59 Å². The lowest BCUT2D eigenvalue weighted by Gasteiger charge is -2.28. The lowest BCUT2D eigenvalue weighted by atomic mass is 10.0. The minimum Gasteiger partial charge on any atom is -0.369 e. The molecule has 7 nitrogen and oxygen atoms in total. The van der Waals surface area contributed by atoms with E-state index in [1.807, 2.05) is 13.0 Å².